The van der Waals surface area contributed by atoms with Crippen LogP contribution in [-0.4, -0.2) is 51.2 Å². The van der Waals surface area contributed by atoms with E-state index in [2.05, 4.69) is 0 Å². The molecule has 2 aromatic rings. The van der Waals surface area contributed by atoms with Crippen LogP contribution in [0.3, 0.4) is 0 Å². The van der Waals surface area contributed by atoms with E-state index in [0.717, 1.165) is 36.1 Å². The molecule has 0 amide bonds. The maximum Gasteiger partial charge on any atom is 0.178 e. The van der Waals surface area contributed by atoms with Crippen molar-refractivity contribution in [3.05, 3.63) is 59.7 Å². The summed E-state index contributed by atoms with van der Waals surface area (Å²) in [4.78, 5) is 2.34. The maximum atomic E-state index is 12.4. The fourth-order valence-electron chi connectivity index (χ4n) is 2.97. The highest BCUT2D eigenvalue weighted by Gasteiger charge is 2.13. The molecular weight excluding hydrogens is 386 g/mol. The third-order valence-corrected chi connectivity index (χ3v) is 6.61. The predicted molar refractivity (Wildman–Crippen MR) is 120 cm³/mol. The van der Waals surface area contributed by atoms with Gasteiger partial charge in [-0.1, -0.05) is 49.3 Å². The van der Waals surface area contributed by atoms with Gasteiger partial charge in [-0.2, -0.15) is 0 Å². The van der Waals surface area contributed by atoms with Gasteiger partial charge in [-0.05, 0) is 48.2 Å². The Hall–Kier alpha value is -2.15. The van der Waals surface area contributed by atoms with Gasteiger partial charge in [-0.3, -0.25) is 0 Å². The van der Waals surface area contributed by atoms with Crippen LogP contribution < -0.4 is 4.90 Å². The number of rotatable bonds is 12. The minimum Gasteiger partial charge on any atom is -0.396 e. The topological polar surface area (TPSA) is 77.8 Å². The SMILES string of the molecule is CN(CCO)c1ccc(C=Cc2ccc(S(=O)(=O)CCCCCCO)cc2)cc1. The minimum absolute atomic E-state index is 0.119. The van der Waals surface area contributed by atoms with Crippen LogP contribution in [-0.2, 0) is 9.84 Å². The van der Waals surface area contributed by atoms with Crippen LogP contribution in [0.5, 0.6) is 0 Å². The van der Waals surface area contributed by atoms with Gasteiger partial charge in [0.1, 0.15) is 0 Å². The fraction of sp³-hybridized carbons (Fsp3) is 0.391. The first kappa shape index (κ1) is 23.1. The molecule has 0 aromatic heterocycles. The van der Waals surface area contributed by atoms with Crippen LogP contribution in [0, 0.1) is 0 Å². The van der Waals surface area contributed by atoms with E-state index < -0.39 is 9.84 Å². The van der Waals surface area contributed by atoms with Crippen molar-refractivity contribution in [2.45, 2.75) is 30.6 Å². The number of aliphatic hydroxyl groups is 2. The zero-order valence-corrected chi connectivity index (χ0v) is 17.8. The summed E-state index contributed by atoms with van der Waals surface area (Å²) in [6.07, 6.45) is 6.96. The standard InChI is InChI=1S/C23H31NO4S/c1-24(16-18-26)22-12-8-20(9-13-22)6-7-21-10-14-23(15-11-21)29(27,28)19-5-3-2-4-17-25/h6-15,25-26H,2-5,16-19H2,1H3. The summed E-state index contributed by atoms with van der Waals surface area (Å²) in [5, 5.41) is 17.8. The van der Waals surface area contributed by atoms with Gasteiger partial charge in [0.25, 0.3) is 0 Å². The lowest BCUT2D eigenvalue weighted by molar-refractivity contribution is 0.283. The smallest absolute Gasteiger partial charge is 0.178 e. The van der Waals surface area contributed by atoms with Gasteiger partial charge in [0, 0.05) is 25.9 Å². The largest absolute Gasteiger partial charge is 0.396 e. The van der Waals surface area contributed by atoms with Crippen molar-refractivity contribution in [3.8, 4) is 0 Å². The molecule has 2 N–H and O–H groups in total. The van der Waals surface area contributed by atoms with Crippen LogP contribution in [0.2, 0.25) is 0 Å². The van der Waals surface area contributed by atoms with Crippen molar-refractivity contribution in [1.29, 1.82) is 0 Å². The monoisotopic (exact) mass is 417 g/mol. The van der Waals surface area contributed by atoms with Crippen molar-refractivity contribution in [1.82, 2.24) is 0 Å². The highest BCUT2D eigenvalue weighted by Crippen LogP contribution is 2.18. The van der Waals surface area contributed by atoms with Gasteiger partial charge in [0.15, 0.2) is 9.84 Å². The van der Waals surface area contributed by atoms with E-state index in [1.165, 1.54) is 0 Å². The lowest BCUT2D eigenvalue weighted by Gasteiger charge is -2.17. The minimum atomic E-state index is -3.26. The van der Waals surface area contributed by atoms with Crippen LogP contribution in [0.4, 0.5) is 5.69 Å². The Morgan fingerprint density at radius 2 is 1.34 bits per heavy atom. The van der Waals surface area contributed by atoms with E-state index in [1.54, 1.807) is 12.1 Å². The zero-order valence-electron chi connectivity index (χ0n) is 17.0. The number of hydrogen-bond donors (Lipinski definition) is 2. The Labute approximate surface area is 174 Å². The molecule has 0 bridgehead atoms. The number of aliphatic hydroxyl groups excluding tert-OH is 2. The Kier molecular flexibility index (Phi) is 9.38. The molecule has 0 radical (unpaired) electrons. The molecule has 0 aliphatic rings. The molecule has 0 spiro atoms. The van der Waals surface area contributed by atoms with Crippen LogP contribution in [0.25, 0.3) is 12.2 Å². The molecule has 0 atom stereocenters. The number of nitrogens with zero attached hydrogens (tertiary/aromatic N) is 1. The van der Waals surface area contributed by atoms with Crippen molar-refractivity contribution < 1.29 is 18.6 Å². The summed E-state index contributed by atoms with van der Waals surface area (Å²) in [6.45, 7) is 0.868. The van der Waals surface area contributed by atoms with E-state index >= 15 is 0 Å². The molecule has 29 heavy (non-hydrogen) atoms. The Balaban J connectivity index is 1.94. The molecule has 0 aliphatic carbocycles. The molecule has 158 valence electrons. The zero-order chi connectivity index (χ0) is 21.1. The van der Waals surface area contributed by atoms with E-state index in [0.29, 0.717) is 17.9 Å². The van der Waals surface area contributed by atoms with Gasteiger partial charge in [0.05, 0.1) is 17.3 Å². The highest BCUT2D eigenvalue weighted by molar-refractivity contribution is 7.91. The normalized spacial score (nSPS) is 11.8. The van der Waals surface area contributed by atoms with Crippen molar-refractivity contribution in [3.63, 3.8) is 0 Å². The average molecular weight is 418 g/mol. The van der Waals surface area contributed by atoms with E-state index in [-0.39, 0.29) is 19.0 Å². The number of hydrogen-bond acceptors (Lipinski definition) is 5. The van der Waals surface area contributed by atoms with Gasteiger partial charge in [-0.25, -0.2) is 8.42 Å². The molecule has 0 saturated carbocycles. The van der Waals surface area contributed by atoms with E-state index in [9.17, 15) is 8.42 Å². The summed E-state index contributed by atoms with van der Waals surface area (Å²) in [6, 6.07) is 15.0. The van der Waals surface area contributed by atoms with Gasteiger partial charge in [0.2, 0.25) is 0 Å². The lowest BCUT2D eigenvalue weighted by atomic mass is 10.1. The second-order valence-corrected chi connectivity index (χ2v) is 9.20. The second-order valence-electron chi connectivity index (χ2n) is 7.10. The summed E-state index contributed by atoms with van der Waals surface area (Å²) in [7, 11) is -1.32. The highest BCUT2D eigenvalue weighted by atomic mass is 32.2. The molecule has 0 fully saturated rings. The molecule has 0 unspecified atom stereocenters. The van der Waals surface area contributed by atoms with Crippen LogP contribution >= 0.6 is 0 Å². The van der Waals surface area contributed by atoms with E-state index in [4.69, 9.17) is 10.2 Å². The number of anilines is 1. The molecule has 5 nitrogen and oxygen atoms in total. The summed E-state index contributed by atoms with van der Waals surface area (Å²) in [5.41, 5.74) is 3.03. The van der Waals surface area contributed by atoms with Crippen LogP contribution in [0.1, 0.15) is 36.8 Å². The van der Waals surface area contributed by atoms with Crippen molar-refractivity contribution in [2.75, 3.05) is 37.5 Å². The summed E-state index contributed by atoms with van der Waals surface area (Å²) < 4.78 is 24.8. The third kappa shape index (κ3) is 7.65. The molecule has 0 saturated heterocycles. The Morgan fingerprint density at radius 1 is 0.793 bits per heavy atom. The number of sulfone groups is 1. The third-order valence-electron chi connectivity index (χ3n) is 4.80. The first-order valence-corrected chi connectivity index (χ1v) is 11.7. The Bertz CT molecular complexity index is 859. The molecular formula is C23H31NO4S. The van der Waals surface area contributed by atoms with Crippen molar-refractivity contribution in [2.24, 2.45) is 0 Å². The lowest BCUT2D eigenvalue weighted by Crippen LogP contribution is -2.20. The molecule has 0 heterocycles. The first-order chi connectivity index (χ1) is 14.0. The molecule has 0 aliphatic heterocycles. The quantitative estimate of drug-likeness (QED) is 0.407. The second kappa shape index (κ2) is 11.8. The van der Waals surface area contributed by atoms with E-state index in [1.807, 2.05) is 60.5 Å². The summed E-state index contributed by atoms with van der Waals surface area (Å²) >= 11 is 0. The molecule has 2 aromatic carbocycles. The van der Waals surface area contributed by atoms with Gasteiger partial charge in [-0.15, -0.1) is 0 Å². The average Bonchev–Trinajstić information content (AvgIpc) is 2.73. The van der Waals surface area contributed by atoms with Gasteiger partial charge < -0.3 is 15.1 Å². The molecule has 2 rings (SSSR count). The maximum absolute atomic E-state index is 12.4. The van der Waals surface area contributed by atoms with Crippen LogP contribution in [0.15, 0.2) is 53.4 Å². The Morgan fingerprint density at radius 3 is 1.90 bits per heavy atom. The van der Waals surface area contributed by atoms with Crippen molar-refractivity contribution >= 4 is 27.7 Å². The van der Waals surface area contributed by atoms with Gasteiger partial charge >= 0.3 is 0 Å². The first-order valence-electron chi connectivity index (χ1n) is 10.00. The summed E-state index contributed by atoms with van der Waals surface area (Å²) in [5.74, 6) is 0.144. The molecule has 6 heteroatoms. The number of likely N-dealkylation sites (N-methyl/N-ethyl adjacent to an activating group) is 1. The predicted octanol–water partition coefficient (Wildman–Crippen LogP) is 3.61. The number of benzene rings is 2. The number of unbranched alkanes of at least 4 members (excludes halogenated alkanes) is 3. The fourth-order valence-corrected chi connectivity index (χ4v) is 4.34.